The van der Waals surface area contributed by atoms with Gasteiger partial charge in [0.25, 0.3) is 0 Å². The van der Waals surface area contributed by atoms with Crippen LogP contribution >= 0.6 is 0 Å². The van der Waals surface area contributed by atoms with Gasteiger partial charge < -0.3 is 14.2 Å². The van der Waals surface area contributed by atoms with E-state index in [1.165, 1.54) is 38.5 Å². The normalized spacial score (nSPS) is 13.2. The zero-order chi connectivity index (χ0) is 42.3. The van der Waals surface area contributed by atoms with E-state index in [9.17, 15) is 14.4 Å². The van der Waals surface area contributed by atoms with Crippen molar-refractivity contribution in [1.29, 1.82) is 0 Å². The van der Waals surface area contributed by atoms with Crippen LogP contribution in [0.1, 0.15) is 168 Å². The Hall–Kier alpha value is -4.19. The second-order valence-electron chi connectivity index (χ2n) is 14.3. The monoisotopic (exact) mass is 801 g/mol. The molecule has 0 aliphatic heterocycles. The maximum Gasteiger partial charge on any atom is 0.306 e. The van der Waals surface area contributed by atoms with Crippen molar-refractivity contribution < 1.29 is 28.6 Å². The maximum absolute atomic E-state index is 12.7. The van der Waals surface area contributed by atoms with Crippen molar-refractivity contribution >= 4 is 17.9 Å². The summed E-state index contributed by atoms with van der Waals surface area (Å²) in [6.07, 6.45) is 61.9. The molecule has 1 atom stereocenters. The molecule has 324 valence electrons. The van der Waals surface area contributed by atoms with E-state index in [1.807, 2.05) is 60.8 Å². The fraction of sp³-hybridized carbons (Fsp3) is 0.558. The van der Waals surface area contributed by atoms with Crippen LogP contribution in [0.25, 0.3) is 0 Å². The van der Waals surface area contributed by atoms with Gasteiger partial charge in [-0.15, -0.1) is 0 Å². The van der Waals surface area contributed by atoms with Crippen molar-refractivity contribution in [1.82, 2.24) is 0 Å². The molecule has 1 unspecified atom stereocenters. The van der Waals surface area contributed by atoms with Gasteiger partial charge in [-0.25, -0.2) is 0 Å². The second-order valence-corrected chi connectivity index (χ2v) is 14.3. The zero-order valence-electron chi connectivity index (χ0n) is 36.8. The molecule has 0 amide bonds. The summed E-state index contributed by atoms with van der Waals surface area (Å²) >= 11 is 0. The summed E-state index contributed by atoms with van der Waals surface area (Å²) in [6, 6.07) is 0. The lowest BCUT2D eigenvalue weighted by Gasteiger charge is -2.18. The molecule has 0 saturated heterocycles. The third-order valence-electron chi connectivity index (χ3n) is 8.85. The van der Waals surface area contributed by atoms with Gasteiger partial charge in [-0.05, 0) is 70.6 Å². The first-order valence-electron chi connectivity index (χ1n) is 22.6. The van der Waals surface area contributed by atoms with E-state index in [-0.39, 0.29) is 44.0 Å². The highest BCUT2D eigenvalue weighted by molar-refractivity contribution is 5.71. The molecule has 0 fully saturated rings. The number of ether oxygens (including phenoxy) is 3. The summed E-state index contributed by atoms with van der Waals surface area (Å²) in [6.45, 7) is 6.22. The highest BCUT2D eigenvalue weighted by Crippen LogP contribution is 2.12. The lowest BCUT2D eigenvalue weighted by atomic mass is 10.1. The minimum Gasteiger partial charge on any atom is -0.462 e. The van der Waals surface area contributed by atoms with Crippen molar-refractivity contribution in [3.05, 3.63) is 122 Å². The van der Waals surface area contributed by atoms with Crippen LogP contribution in [0.5, 0.6) is 0 Å². The Kier molecular flexibility index (Phi) is 42.2. The fourth-order valence-electron chi connectivity index (χ4n) is 5.51. The quantitative estimate of drug-likeness (QED) is 0.0203. The van der Waals surface area contributed by atoms with E-state index in [0.29, 0.717) is 19.3 Å². The number of rotatable bonds is 38. The molecule has 0 rings (SSSR count). The number of hydrogen-bond donors (Lipinski definition) is 0. The Morgan fingerprint density at radius 1 is 0.379 bits per heavy atom. The standard InChI is InChI=1S/C52H80O6/c1-4-7-10-13-16-19-21-23-25-27-28-30-33-36-39-42-45-51(54)57-48-49(47-56-50(53)44-41-38-35-32-18-15-12-9-6-3)58-52(55)46-43-40-37-34-31-29-26-24-22-20-17-14-11-8-5-2/h7-8,10-11,14,16-17,19-20,22-26,28-31,36,39,49H,4-6,9,12-13,15,18,21,27,32-35,37-38,40-48H2,1-3H3/b10-7-,11-8-,17-14-,19-16-,22-20-,25-23-,26-24-,30-28-,31-29-,39-36-. The van der Waals surface area contributed by atoms with Crippen molar-refractivity contribution in [2.45, 2.75) is 175 Å². The molecule has 0 aromatic heterocycles. The van der Waals surface area contributed by atoms with Crippen LogP contribution in [-0.4, -0.2) is 37.2 Å². The summed E-state index contributed by atoms with van der Waals surface area (Å²) in [7, 11) is 0. The van der Waals surface area contributed by atoms with Gasteiger partial charge in [-0.2, -0.15) is 0 Å². The van der Waals surface area contributed by atoms with Crippen molar-refractivity contribution in [3.63, 3.8) is 0 Å². The van der Waals surface area contributed by atoms with Gasteiger partial charge in [0, 0.05) is 19.3 Å². The maximum atomic E-state index is 12.7. The van der Waals surface area contributed by atoms with E-state index in [0.717, 1.165) is 77.0 Å². The summed E-state index contributed by atoms with van der Waals surface area (Å²) < 4.78 is 16.6. The predicted octanol–water partition coefficient (Wildman–Crippen LogP) is 14.6. The SMILES string of the molecule is CC\C=C/C=C\C=C/C=C\C=C/CCCCCC(=O)OC(COC(=O)CC/C=C\C/C=C\C/C=C\C/C=C\C/C=C\CC)COC(=O)CCCCCCCCCCC. The van der Waals surface area contributed by atoms with Crippen molar-refractivity contribution in [2.75, 3.05) is 13.2 Å². The van der Waals surface area contributed by atoms with Gasteiger partial charge in [0.1, 0.15) is 13.2 Å². The number of hydrogen-bond acceptors (Lipinski definition) is 6. The average Bonchev–Trinajstić information content (AvgIpc) is 3.22. The number of carbonyl (C=O) groups excluding carboxylic acids is 3. The zero-order valence-corrected chi connectivity index (χ0v) is 36.8. The Morgan fingerprint density at radius 3 is 1.33 bits per heavy atom. The third-order valence-corrected chi connectivity index (χ3v) is 8.85. The van der Waals surface area contributed by atoms with Crippen molar-refractivity contribution in [2.24, 2.45) is 0 Å². The van der Waals surface area contributed by atoms with Gasteiger partial charge >= 0.3 is 17.9 Å². The fourth-order valence-corrected chi connectivity index (χ4v) is 5.51. The highest BCUT2D eigenvalue weighted by Gasteiger charge is 2.19. The Morgan fingerprint density at radius 2 is 0.793 bits per heavy atom. The first-order chi connectivity index (χ1) is 28.5. The van der Waals surface area contributed by atoms with Gasteiger partial charge in [0.15, 0.2) is 6.10 Å². The average molecular weight is 801 g/mol. The third kappa shape index (κ3) is 42.9. The molecule has 6 nitrogen and oxygen atoms in total. The van der Waals surface area contributed by atoms with E-state index in [2.05, 4.69) is 81.5 Å². The lowest BCUT2D eigenvalue weighted by molar-refractivity contribution is -0.166. The molecule has 0 bridgehead atoms. The van der Waals surface area contributed by atoms with Crippen LogP contribution < -0.4 is 0 Å². The topological polar surface area (TPSA) is 78.9 Å². The smallest absolute Gasteiger partial charge is 0.306 e. The number of esters is 3. The molecule has 6 heteroatoms. The molecule has 58 heavy (non-hydrogen) atoms. The minimum atomic E-state index is -0.829. The molecule has 0 N–H and O–H groups in total. The van der Waals surface area contributed by atoms with Gasteiger partial charge in [0.2, 0.25) is 0 Å². The molecular formula is C52H80O6. The molecular weight excluding hydrogens is 721 g/mol. The largest absolute Gasteiger partial charge is 0.462 e. The Bertz CT molecular complexity index is 1290. The molecule has 0 aliphatic carbocycles. The first kappa shape index (κ1) is 53.8. The van der Waals surface area contributed by atoms with E-state index < -0.39 is 6.10 Å². The molecule has 0 aliphatic rings. The van der Waals surface area contributed by atoms with Gasteiger partial charge in [-0.1, -0.05) is 200 Å². The van der Waals surface area contributed by atoms with E-state index >= 15 is 0 Å². The summed E-state index contributed by atoms with van der Waals surface area (Å²) in [5.74, 6) is -1.07. The Labute approximate surface area is 354 Å². The molecule has 0 aromatic rings. The molecule has 0 radical (unpaired) electrons. The summed E-state index contributed by atoms with van der Waals surface area (Å²) in [5.41, 5.74) is 0. The van der Waals surface area contributed by atoms with Crippen LogP contribution in [0.15, 0.2) is 122 Å². The summed E-state index contributed by atoms with van der Waals surface area (Å²) in [4.78, 5) is 37.7. The van der Waals surface area contributed by atoms with E-state index in [1.54, 1.807) is 0 Å². The van der Waals surface area contributed by atoms with Gasteiger partial charge in [-0.3, -0.25) is 14.4 Å². The van der Waals surface area contributed by atoms with Crippen molar-refractivity contribution in [3.8, 4) is 0 Å². The van der Waals surface area contributed by atoms with Crippen LogP contribution in [0, 0.1) is 0 Å². The Balaban J connectivity index is 4.59. The molecule has 0 aromatic carbocycles. The second kappa shape index (κ2) is 45.5. The van der Waals surface area contributed by atoms with Crippen LogP contribution in [0.2, 0.25) is 0 Å². The molecule has 0 saturated carbocycles. The lowest BCUT2D eigenvalue weighted by Crippen LogP contribution is -2.30. The van der Waals surface area contributed by atoms with E-state index in [4.69, 9.17) is 14.2 Å². The highest BCUT2D eigenvalue weighted by atomic mass is 16.6. The number of carbonyl (C=O) groups is 3. The van der Waals surface area contributed by atoms with Crippen LogP contribution in [0.3, 0.4) is 0 Å². The minimum absolute atomic E-state index is 0.121. The first-order valence-corrected chi connectivity index (χ1v) is 22.6. The predicted molar refractivity (Wildman–Crippen MR) is 246 cm³/mol. The number of unbranched alkanes of at least 4 members (excludes halogenated alkanes) is 11. The summed E-state index contributed by atoms with van der Waals surface area (Å²) in [5, 5.41) is 0. The number of allylic oxidation sites excluding steroid dienone is 20. The van der Waals surface area contributed by atoms with Crippen LogP contribution in [0.4, 0.5) is 0 Å². The van der Waals surface area contributed by atoms with Crippen LogP contribution in [-0.2, 0) is 28.6 Å². The van der Waals surface area contributed by atoms with Gasteiger partial charge in [0.05, 0.1) is 0 Å². The molecule has 0 spiro atoms. The molecule has 0 heterocycles.